The van der Waals surface area contributed by atoms with E-state index in [1.807, 2.05) is 30.3 Å². The van der Waals surface area contributed by atoms with Crippen molar-refractivity contribution in [1.82, 2.24) is 4.90 Å². The van der Waals surface area contributed by atoms with E-state index in [1.165, 1.54) is 18.2 Å². The van der Waals surface area contributed by atoms with E-state index < -0.39 is 48.6 Å². The average molecular weight is 549 g/mol. The van der Waals surface area contributed by atoms with Gasteiger partial charge in [-0.15, -0.1) is 0 Å². The molecule has 1 saturated heterocycles. The van der Waals surface area contributed by atoms with E-state index in [4.69, 9.17) is 5.73 Å². The molecule has 0 aromatic heterocycles. The third-order valence-corrected chi connectivity index (χ3v) is 6.57. The number of carboxylic acids is 1. The van der Waals surface area contributed by atoms with Gasteiger partial charge >= 0.3 is 5.97 Å². The summed E-state index contributed by atoms with van der Waals surface area (Å²) in [5, 5.41) is 14.7. The maximum Gasteiger partial charge on any atom is 0.335 e. The summed E-state index contributed by atoms with van der Waals surface area (Å²) >= 11 is 4.27. The van der Waals surface area contributed by atoms with Crippen molar-refractivity contribution in [2.45, 2.75) is 37.6 Å². The van der Waals surface area contributed by atoms with E-state index in [9.17, 15) is 33.1 Å². The highest BCUT2D eigenvalue weighted by molar-refractivity contribution is 7.80. The molecule has 1 heterocycles. The number of nitrogens with zero attached hydrogens (tertiary/aromatic N) is 1. The van der Waals surface area contributed by atoms with Crippen molar-refractivity contribution in [3.63, 3.8) is 0 Å². The zero-order chi connectivity index (χ0) is 27.9. The molecule has 3 amide bonds. The first-order valence-corrected chi connectivity index (χ1v) is 12.7. The summed E-state index contributed by atoms with van der Waals surface area (Å²) in [5.74, 6) is -6.00. The van der Waals surface area contributed by atoms with Crippen molar-refractivity contribution in [3.8, 4) is 0 Å². The Morgan fingerprint density at radius 2 is 1.74 bits per heavy atom. The Bertz CT molecular complexity index is 1180. The Balaban J connectivity index is 1.61. The van der Waals surface area contributed by atoms with Crippen molar-refractivity contribution < 1.29 is 33.1 Å². The van der Waals surface area contributed by atoms with Gasteiger partial charge < -0.3 is 26.4 Å². The molecule has 3 rings (SSSR count). The number of carbonyl (C=O) groups excluding carboxylic acids is 3. The number of anilines is 2. The monoisotopic (exact) mass is 548 g/mol. The Labute approximate surface area is 224 Å². The number of nitrogens with two attached hydrogens (primary N) is 1. The normalized spacial score (nSPS) is 15.9. The highest BCUT2D eigenvalue weighted by atomic mass is 32.1. The van der Waals surface area contributed by atoms with Crippen molar-refractivity contribution in [2.75, 3.05) is 29.5 Å². The van der Waals surface area contributed by atoms with Crippen LogP contribution in [0.5, 0.6) is 0 Å². The topological polar surface area (TPSA) is 142 Å². The van der Waals surface area contributed by atoms with E-state index in [0.29, 0.717) is 6.42 Å². The lowest BCUT2D eigenvalue weighted by atomic mass is 10.00. The van der Waals surface area contributed by atoms with Crippen molar-refractivity contribution in [1.29, 1.82) is 0 Å². The van der Waals surface area contributed by atoms with Crippen LogP contribution < -0.4 is 16.4 Å². The maximum atomic E-state index is 13.4. The number of rotatable bonds is 11. The number of carboxylic acid groups (broad SMARTS) is 1. The van der Waals surface area contributed by atoms with E-state index >= 15 is 0 Å². The number of carbonyl (C=O) groups is 4. The number of hydrogen-bond acceptors (Lipinski definition) is 6. The van der Waals surface area contributed by atoms with Crippen LogP contribution in [0.4, 0.5) is 20.2 Å². The van der Waals surface area contributed by atoms with Gasteiger partial charge in [0.15, 0.2) is 0 Å². The number of halogens is 2. The van der Waals surface area contributed by atoms with Crippen LogP contribution in [0.2, 0.25) is 0 Å². The molecule has 1 fully saturated rings. The fourth-order valence-electron chi connectivity index (χ4n) is 4.07. The molecule has 2 aromatic carbocycles. The van der Waals surface area contributed by atoms with Crippen LogP contribution in [0, 0.1) is 5.92 Å². The van der Waals surface area contributed by atoms with Gasteiger partial charge in [0.05, 0.1) is 24.1 Å². The molecule has 0 aliphatic carbocycles. The largest absolute Gasteiger partial charge is 0.478 e. The van der Waals surface area contributed by atoms with E-state index in [2.05, 4.69) is 23.3 Å². The lowest BCUT2D eigenvalue weighted by Gasteiger charge is -2.20. The minimum atomic E-state index is -2.94. The Morgan fingerprint density at radius 3 is 2.32 bits per heavy atom. The maximum absolute atomic E-state index is 13.4. The second kappa shape index (κ2) is 12.8. The van der Waals surface area contributed by atoms with Crippen LogP contribution >= 0.6 is 12.6 Å². The van der Waals surface area contributed by atoms with Crippen LogP contribution in [-0.4, -0.2) is 64.5 Å². The van der Waals surface area contributed by atoms with Gasteiger partial charge in [-0.25, -0.2) is 13.6 Å². The molecule has 1 aliphatic heterocycles. The summed E-state index contributed by atoms with van der Waals surface area (Å²) < 4.78 is 26.7. The van der Waals surface area contributed by atoms with Crippen molar-refractivity contribution >= 4 is 47.7 Å². The summed E-state index contributed by atoms with van der Waals surface area (Å²) in [6.07, 6.45) is -0.273. The Hall–Kier alpha value is -3.51. The minimum Gasteiger partial charge on any atom is -0.478 e. The fourth-order valence-corrected chi connectivity index (χ4v) is 4.37. The highest BCUT2D eigenvalue weighted by Crippen LogP contribution is 2.27. The number of benzene rings is 2. The summed E-state index contributed by atoms with van der Waals surface area (Å²) in [5.41, 5.74) is 6.90. The molecule has 0 saturated carbocycles. The van der Waals surface area contributed by atoms with Crippen LogP contribution in [0.3, 0.4) is 0 Å². The molecule has 0 spiro atoms. The van der Waals surface area contributed by atoms with Crippen LogP contribution in [0.1, 0.15) is 35.2 Å². The Kier molecular flexibility index (Phi) is 9.81. The second-order valence-electron chi connectivity index (χ2n) is 9.22. The summed E-state index contributed by atoms with van der Waals surface area (Å²) in [6.45, 7) is -0.788. The quantitative estimate of drug-likeness (QED) is 0.273. The smallest absolute Gasteiger partial charge is 0.335 e. The lowest BCUT2D eigenvalue weighted by Crippen LogP contribution is -2.43. The van der Waals surface area contributed by atoms with E-state index in [0.717, 1.165) is 10.5 Å². The summed E-state index contributed by atoms with van der Waals surface area (Å²) in [6, 6.07) is 12.2. The molecule has 0 radical (unpaired) electrons. The van der Waals surface area contributed by atoms with Gasteiger partial charge in [-0.3, -0.25) is 14.4 Å². The average Bonchev–Trinajstić information content (AvgIpc) is 3.25. The van der Waals surface area contributed by atoms with Crippen molar-refractivity contribution in [2.24, 2.45) is 11.7 Å². The third-order valence-electron chi connectivity index (χ3n) is 6.13. The van der Waals surface area contributed by atoms with Gasteiger partial charge in [0, 0.05) is 36.5 Å². The number of amides is 3. The van der Waals surface area contributed by atoms with Gasteiger partial charge in [0.25, 0.3) is 5.92 Å². The molecule has 2 aromatic rings. The summed E-state index contributed by atoms with van der Waals surface area (Å²) in [4.78, 5) is 50.2. The van der Waals surface area contributed by atoms with Gasteiger partial charge in [-0.2, -0.15) is 12.6 Å². The molecule has 9 nitrogen and oxygen atoms in total. The van der Waals surface area contributed by atoms with Gasteiger partial charge in [0.2, 0.25) is 17.7 Å². The zero-order valence-electron chi connectivity index (χ0n) is 20.5. The van der Waals surface area contributed by atoms with E-state index in [-0.39, 0.29) is 48.0 Å². The number of aromatic carboxylic acids is 1. The number of thiol groups is 1. The predicted molar refractivity (Wildman–Crippen MR) is 142 cm³/mol. The molecule has 5 N–H and O–H groups in total. The molecular weight excluding hydrogens is 518 g/mol. The summed E-state index contributed by atoms with van der Waals surface area (Å²) in [7, 11) is 0. The second-order valence-corrected chi connectivity index (χ2v) is 9.59. The van der Waals surface area contributed by atoms with Gasteiger partial charge in [-0.1, -0.05) is 30.3 Å². The van der Waals surface area contributed by atoms with Crippen LogP contribution in [0.15, 0.2) is 48.5 Å². The predicted octanol–water partition coefficient (Wildman–Crippen LogP) is 3.03. The van der Waals surface area contributed by atoms with Crippen LogP contribution in [0.25, 0.3) is 0 Å². The molecule has 204 valence electrons. The Morgan fingerprint density at radius 1 is 1.08 bits per heavy atom. The lowest BCUT2D eigenvalue weighted by molar-refractivity contribution is -0.133. The zero-order valence-corrected chi connectivity index (χ0v) is 21.4. The molecule has 2 atom stereocenters. The van der Waals surface area contributed by atoms with Crippen LogP contribution in [-0.2, 0) is 20.8 Å². The highest BCUT2D eigenvalue weighted by Gasteiger charge is 2.41. The molecule has 12 heteroatoms. The van der Waals surface area contributed by atoms with Gasteiger partial charge in [0.1, 0.15) is 0 Å². The minimum absolute atomic E-state index is 0.0853. The fraction of sp³-hybridized carbons (Fsp3) is 0.385. The molecule has 38 heavy (non-hydrogen) atoms. The SMILES string of the molecule is NC(CCC(=O)Nc1cc(NC(=O)C(CS)Cc2ccccc2)cc(C(=O)O)c1)C(=O)N1CCC(F)(F)C1. The van der Waals surface area contributed by atoms with E-state index in [1.54, 1.807) is 0 Å². The number of alkyl halides is 2. The standard InChI is InChI=1S/C26H30F2N4O5S/c27-26(28)8-9-32(15-26)24(35)21(29)6-7-22(33)30-19-11-17(25(36)37)12-20(13-19)31-23(34)18(14-38)10-16-4-2-1-3-5-16/h1-5,11-13,18,21,38H,6-10,14-15,29H2,(H,30,33)(H,31,34)(H,36,37). The molecule has 0 bridgehead atoms. The van der Waals surface area contributed by atoms with Gasteiger partial charge in [-0.05, 0) is 36.6 Å². The van der Waals surface area contributed by atoms with Crippen molar-refractivity contribution in [3.05, 3.63) is 59.7 Å². The first-order valence-electron chi connectivity index (χ1n) is 12.0. The first-order chi connectivity index (χ1) is 18.0. The molecule has 2 unspecified atom stereocenters. The number of hydrogen-bond donors (Lipinski definition) is 5. The number of nitrogens with one attached hydrogen (secondary N) is 2. The molecular formula is C26H30F2N4O5S. The third kappa shape index (κ3) is 8.25. The first kappa shape index (κ1) is 29.1. The number of likely N-dealkylation sites (tertiary alicyclic amines) is 1. The molecule has 1 aliphatic rings.